The Morgan fingerprint density at radius 1 is 1.25 bits per heavy atom. The van der Waals surface area contributed by atoms with Crippen molar-refractivity contribution in [2.24, 2.45) is 0 Å². The Hall–Kier alpha value is -1.35. The van der Waals surface area contributed by atoms with Crippen LogP contribution in [0.15, 0.2) is 18.2 Å². The van der Waals surface area contributed by atoms with Gasteiger partial charge in [0.2, 0.25) is 5.91 Å². The summed E-state index contributed by atoms with van der Waals surface area (Å²) in [6.45, 7) is 8.45. The molecule has 0 heterocycles. The van der Waals surface area contributed by atoms with E-state index in [-0.39, 0.29) is 17.5 Å². The molecule has 1 aliphatic rings. The van der Waals surface area contributed by atoms with Crippen LogP contribution >= 0.6 is 0 Å². The van der Waals surface area contributed by atoms with Gasteiger partial charge < -0.3 is 10.6 Å². The lowest BCUT2D eigenvalue weighted by Gasteiger charge is -2.22. The molecular formula is C17H26N2O. The second-order valence-corrected chi connectivity index (χ2v) is 6.78. The molecule has 0 saturated heterocycles. The third kappa shape index (κ3) is 4.07. The van der Waals surface area contributed by atoms with Crippen molar-refractivity contribution >= 4 is 5.91 Å². The lowest BCUT2D eigenvalue weighted by Crippen LogP contribution is -2.45. The van der Waals surface area contributed by atoms with E-state index in [4.69, 9.17) is 0 Å². The van der Waals surface area contributed by atoms with Gasteiger partial charge in [-0.25, -0.2) is 0 Å². The number of rotatable bonds is 4. The number of carbonyl (C=O) groups is 1. The minimum atomic E-state index is -0.171. The Morgan fingerprint density at radius 2 is 1.95 bits per heavy atom. The van der Waals surface area contributed by atoms with E-state index < -0.39 is 0 Å². The average molecular weight is 274 g/mol. The van der Waals surface area contributed by atoms with Crippen LogP contribution in [0.2, 0.25) is 0 Å². The van der Waals surface area contributed by atoms with Crippen LogP contribution in [0.5, 0.6) is 0 Å². The first kappa shape index (κ1) is 15.0. The number of fused-ring (bicyclic) bond motifs is 1. The molecule has 0 aliphatic heterocycles. The molecule has 1 unspecified atom stereocenters. The fourth-order valence-electron chi connectivity index (χ4n) is 2.69. The molecule has 0 radical (unpaired) electrons. The fourth-order valence-corrected chi connectivity index (χ4v) is 2.69. The molecule has 0 aromatic heterocycles. The summed E-state index contributed by atoms with van der Waals surface area (Å²) in [5.74, 6) is 0.0468. The second-order valence-electron chi connectivity index (χ2n) is 6.78. The van der Waals surface area contributed by atoms with Gasteiger partial charge in [-0.2, -0.15) is 0 Å². The van der Waals surface area contributed by atoms with Crippen LogP contribution in [-0.4, -0.2) is 18.0 Å². The van der Waals surface area contributed by atoms with E-state index in [0.29, 0.717) is 6.54 Å². The number of aryl methyl sites for hydroxylation is 2. The summed E-state index contributed by atoms with van der Waals surface area (Å²) in [6, 6.07) is 6.92. The zero-order chi connectivity index (χ0) is 14.8. The average Bonchev–Trinajstić information content (AvgIpc) is 2.80. The molecule has 1 aromatic carbocycles. The molecule has 3 heteroatoms. The minimum Gasteiger partial charge on any atom is -0.350 e. The summed E-state index contributed by atoms with van der Waals surface area (Å²) in [7, 11) is 0. The predicted molar refractivity (Wildman–Crippen MR) is 82.8 cm³/mol. The van der Waals surface area contributed by atoms with Crippen LogP contribution in [-0.2, 0) is 17.6 Å². The highest BCUT2D eigenvalue weighted by Gasteiger charge is 2.16. The van der Waals surface area contributed by atoms with Crippen molar-refractivity contribution in [1.29, 1.82) is 0 Å². The van der Waals surface area contributed by atoms with Crippen molar-refractivity contribution in [2.75, 3.05) is 6.54 Å². The van der Waals surface area contributed by atoms with E-state index in [0.717, 1.165) is 0 Å². The number of amides is 1. The maximum atomic E-state index is 11.8. The summed E-state index contributed by atoms with van der Waals surface area (Å²) < 4.78 is 0. The summed E-state index contributed by atoms with van der Waals surface area (Å²) >= 11 is 0. The molecule has 0 bridgehead atoms. The van der Waals surface area contributed by atoms with E-state index in [9.17, 15) is 4.79 Å². The first-order chi connectivity index (χ1) is 9.35. The van der Waals surface area contributed by atoms with Gasteiger partial charge in [0.1, 0.15) is 0 Å². The van der Waals surface area contributed by atoms with Crippen molar-refractivity contribution in [3.63, 3.8) is 0 Å². The van der Waals surface area contributed by atoms with E-state index in [1.807, 2.05) is 20.8 Å². The zero-order valence-electron chi connectivity index (χ0n) is 13.0. The zero-order valence-corrected chi connectivity index (χ0v) is 13.0. The molecule has 20 heavy (non-hydrogen) atoms. The molecule has 3 nitrogen and oxygen atoms in total. The second kappa shape index (κ2) is 5.96. The number of benzene rings is 1. The largest absolute Gasteiger partial charge is 0.350 e. The Balaban J connectivity index is 1.89. The molecule has 1 amide bonds. The summed E-state index contributed by atoms with van der Waals surface area (Å²) in [6.07, 6.45) is 3.68. The van der Waals surface area contributed by atoms with Gasteiger partial charge in [-0.05, 0) is 63.6 Å². The van der Waals surface area contributed by atoms with Crippen LogP contribution in [0.3, 0.4) is 0 Å². The van der Waals surface area contributed by atoms with E-state index in [1.54, 1.807) is 0 Å². The Morgan fingerprint density at radius 3 is 2.65 bits per heavy atom. The van der Waals surface area contributed by atoms with Crippen LogP contribution in [0, 0.1) is 0 Å². The van der Waals surface area contributed by atoms with Crippen LogP contribution < -0.4 is 10.6 Å². The van der Waals surface area contributed by atoms with Gasteiger partial charge in [-0.3, -0.25) is 4.79 Å². The smallest absolute Gasteiger partial charge is 0.234 e. The summed E-state index contributed by atoms with van der Waals surface area (Å²) in [5.41, 5.74) is 4.08. The van der Waals surface area contributed by atoms with Crippen molar-refractivity contribution in [2.45, 2.75) is 58.5 Å². The van der Waals surface area contributed by atoms with Gasteiger partial charge in [0.15, 0.2) is 0 Å². The lowest BCUT2D eigenvalue weighted by atomic mass is 10.0. The van der Waals surface area contributed by atoms with Gasteiger partial charge >= 0.3 is 0 Å². The highest BCUT2D eigenvalue weighted by molar-refractivity contribution is 5.78. The predicted octanol–water partition coefficient (Wildman–Crippen LogP) is 2.74. The van der Waals surface area contributed by atoms with E-state index >= 15 is 0 Å². The molecule has 1 aromatic rings. The third-order valence-electron chi connectivity index (χ3n) is 3.71. The number of hydrogen-bond donors (Lipinski definition) is 2. The molecule has 110 valence electrons. The Bertz CT molecular complexity index is 488. The number of hydrogen-bond acceptors (Lipinski definition) is 2. The summed E-state index contributed by atoms with van der Waals surface area (Å²) in [5, 5.41) is 6.27. The van der Waals surface area contributed by atoms with Crippen LogP contribution in [0.1, 0.15) is 56.8 Å². The summed E-state index contributed by atoms with van der Waals surface area (Å²) in [4.78, 5) is 11.8. The normalized spacial score (nSPS) is 15.8. The van der Waals surface area contributed by atoms with Crippen molar-refractivity contribution in [1.82, 2.24) is 10.6 Å². The molecule has 2 N–H and O–H groups in total. The van der Waals surface area contributed by atoms with E-state index in [2.05, 4.69) is 35.8 Å². The SMILES string of the molecule is CC(NCC(=O)NC(C)(C)C)c1ccc2c(c1)CCC2. The fraction of sp³-hybridized carbons (Fsp3) is 0.588. The highest BCUT2D eigenvalue weighted by atomic mass is 16.2. The molecule has 1 aliphatic carbocycles. The molecular weight excluding hydrogens is 248 g/mol. The van der Waals surface area contributed by atoms with Gasteiger partial charge in [0.25, 0.3) is 0 Å². The van der Waals surface area contributed by atoms with Crippen LogP contribution in [0.25, 0.3) is 0 Å². The third-order valence-corrected chi connectivity index (χ3v) is 3.71. The number of nitrogens with one attached hydrogen (secondary N) is 2. The first-order valence-electron chi connectivity index (χ1n) is 7.51. The molecule has 0 saturated carbocycles. The Labute approximate surface area is 122 Å². The standard InChI is InChI=1S/C17H26N2O/c1-12(18-11-16(20)19-17(2,3)4)14-9-8-13-6-5-7-15(13)10-14/h8-10,12,18H,5-7,11H2,1-4H3,(H,19,20). The van der Waals surface area contributed by atoms with Crippen molar-refractivity contribution < 1.29 is 4.79 Å². The van der Waals surface area contributed by atoms with Gasteiger partial charge in [0, 0.05) is 11.6 Å². The molecule has 2 rings (SSSR count). The molecule has 1 atom stereocenters. The van der Waals surface area contributed by atoms with Gasteiger partial charge in [-0.1, -0.05) is 18.2 Å². The quantitative estimate of drug-likeness (QED) is 0.886. The molecule has 0 fully saturated rings. The maximum Gasteiger partial charge on any atom is 0.234 e. The molecule has 0 spiro atoms. The van der Waals surface area contributed by atoms with Gasteiger partial charge in [0.05, 0.1) is 6.54 Å². The lowest BCUT2D eigenvalue weighted by molar-refractivity contribution is -0.121. The minimum absolute atomic E-state index is 0.0468. The van der Waals surface area contributed by atoms with Crippen LogP contribution in [0.4, 0.5) is 0 Å². The van der Waals surface area contributed by atoms with E-state index in [1.165, 1.54) is 36.0 Å². The number of carbonyl (C=O) groups excluding carboxylic acids is 1. The van der Waals surface area contributed by atoms with Crippen molar-refractivity contribution in [3.8, 4) is 0 Å². The maximum absolute atomic E-state index is 11.8. The monoisotopic (exact) mass is 274 g/mol. The Kier molecular flexibility index (Phi) is 4.48. The first-order valence-corrected chi connectivity index (χ1v) is 7.51. The highest BCUT2D eigenvalue weighted by Crippen LogP contribution is 2.25. The van der Waals surface area contributed by atoms with Gasteiger partial charge in [-0.15, -0.1) is 0 Å². The topological polar surface area (TPSA) is 41.1 Å². The van der Waals surface area contributed by atoms with Crippen molar-refractivity contribution in [3.05, 3.63) is 34.9 Å².